The van der Waals surface area contributed by atoms with Crippen LogP contribution >= 0.6 is 11.6 Å². The van der Waals surface area contributed by atoms with Gasteiger partial charge in [0, 0.05) is 30.1 Å². The minimum absolute atomic E-state index is 0. The van der Waals surface area contributed by atoms with E-state index >= 15 is 0 Å². The first-order chi connectivity index (χ1) is 19.0. The molecule has 10 heteroatoms. The minimum Gasteiger partial charge on any atom is -0.550 e. The van der Waals surface area contributed by atoms with Crippen LogP contribution in [0.2, 0.25) is 5.02 Å². The van der Waals surface area contributed by atoms with Crippen molar-refractivity contribution in [1.29, 1.82) is 0 Å². The van der Waals surface area contributed by atoms with E-state index in [1.165, 1.54) is 12.1 Å². The fourth-order valence-electron chi connectivity index (χ4n) is 6.30. The molecule has 41 heavy (non-hydrogen) atoms. The number of amides is 2. The summed E-state index contributed by atoms with van der Waals surface area (Å²) in [5, 5.41) is 13.2. The molecule has 1 heterocycles. The maximum Gasteiger partial charge on any atom is 1.00 e. The summed E-state index contributed by atoms with van der Waals surface area (Å²) in [6.45, 7) is 6.47. The van der Waals surface area contributed by atoms with E-state index in [-0.39, 0.29) is 65.4 Å². The van der Waals surface area contributed by atoms with Crippen molar-refractivity contribution in [3.05, 3.63) is 70.0 Å². The number of benzene rings is 2. The first kappa shape index (κ1) is 33.2. The molecule has 7 nitrogen and oxygen atoms in total. The Kier molecular flexibility index (Phi) is 11.6. The van der Waals surface area contributed by atoms with Crippen molar-refractivity contribution in [3.8, 4) is 0 Å². The van der Waals surface area contributed by atoms with Gasteiger partial charge in [-0.05, 0) is 73.4 Å². The molecular formula is C31H36ClFN3NaO4. The number of hydrogen-bond donors (Lipinski definition) is 1. The summed E-state index contributed by atoms with van der Waals surface area (Å²) in [7, 11) is 0. The SMILES string of the molecule is CCCC[C@H](c1ccc(C(=O)NCCC(=O)[O-])cc1)N1C(=O)C(c2ccc(F)c(Cl)c2)=NC12CC(C)CC(C)C2.[Na+]. The van der Waals surface area contributed by atoms with Gasteiger partial charge in [0.05, 0.1) is 11.1 Å². The number of halogens is 2. The number of nitrogens with one attached hydrogen (secondary N) is 1. The van der Waals surface area contributed by atoms with Crippen molar-refractivity contribution in [2.75, 3.05) is 6.54 Å². The van der Waals surface area contributed by atoms with Gasteiger partial charge in [-0.1, -0.05) is 57.3 Å². The maximum atomic E-state index is 14.3. The molecule has 2 unspecified atom stereocenters. The van der Waals surface area contributed by atoms with Gasteiger partial charge in [0.15, 0.2) is 0 Å². The molecule has 214 valence electrons. The minimum atomic E-state index is -1.23. The van der Waals surface area contributed by atoms with E-state index in [0.717, 1.165) is 44.1 Å². The zero-order valence-corrected chi connectivity index (χ0v) is 27.0. The second kappa shape index (κ2) is 14.3. The molecule has 0 bridgehead atoms. The molecule has 1 aliphatic carbocycles. The second-order valence-corrected chi connectivity index (χ2v) is 11.7. The number of hydrogen-bond acceptors (Lipinski definition) is 5. The van der Waals surface area contributed by atoms with Crippen molar-refractivity contribution >= 4 is 35.1 Å². The van der Waals surface area contributed by atoms with Gasteiger partial charge in [0.25, 0.3) is 11.8 Å². The van der Waals surface area contributed by atoms with Gasteiger partial charge in [-0.25, -0.2) is 4.39 Å². The largest absolute Gasteiger partial charge is 1.00 e. The number of aliphatic carboxylic acids is 1. The fraction of sp³-hybridized carbons (Fsp3) is 0.484. The van der Waals surface area contributed by atoms with Gasteiger partial charge in [0.1, 0.15) is 17.2 Å². The van der Waals surface area contributed by atoms with Gasteiger partial charge in [-0.3, -0.25) is 14.6 Å². The van der Waals surface area contributed by atoms with E-state index in [0.29, 0.717) is 28.7 Å². The Hall–Kier alpha value is -2.26. The monoisotopic (exact) mass is 591 g/mol. The second-order valence-electron chi connectivity index (χ2n) is 11.3. The smallest absolute Gasteiger partial charge is 0.550 e. The summed E-state index contributed by atoms with van der Waals surface area (Å²) in [5.74, 6) is -1.63. The molecule has 2 aromatic carbocycles. The molecular weight excluding hydrogens is 556 g/mol. The molecule has 0 saturated heterocycles. The van der Waals surface area contributed by atoms with Gasteiger partial charge >= 0.3 is 29.6 Å². The van der Waals surface area contributed by atoms with Crippen LogP contribution in [0.4, 0.5) is 4.39 Å². The average Bonchev–Trinajstić information content (AvgIpc) is 3.16. The number of carbonyl (C=O) groups excluding carboxylic acids is 3. The third-order valence-corrected chi connectivity index (χ3v) is 8.14. The Balaban J connectivity index is 0.00000462. The number of carboxylic acids is 1. The first-order valence-corrected chi connectivity index (χ1v) is 14.4. The molecule has 1 fully saturated rings. The van der Waals surface area contributed by atoms with E-state index in [9.17, 15) is 23.9 Å². The molecule has 1 saturated carbocycles. The molecule has 2 amide bonds. The van der Waals surface area contributed by atoms with Crippen molar-refractivity contribution in [2.24, 2.45) is 16.8 Å². The van der Waals surface area contributed by atoms with Crippen LogP contribution in [0.1, 0.15) is 93.2 Å². The Morgan fingerprint density at radius 1 is 1.17 bits per heavy atom. The first-order valence-electron chi connectivity index (χ1n) is 14.0. The van der Waals surface area contributed by atoms with Crippen LogP contribution < -0.4 is 40.0 Å². The van der Waals surface area contributed by atoms with Crippen LogP contribution in [-0.4, -0.2) is 40.6 Å². The third-order valence-electron chi connectivity index (χ3n) is 7.85. The molecule has 2 aromatic rings. The zero-order valence-electron chi connectivity index (χ0n) is 24.2. The quantitative estimate of drug-likeness (QED) is 0.428. The van der Waals surface area contributed by atoms with Crippen molar-refractivity contribution in [2.45, 2.75) is 77.4 Å². The van der Waals surface area contributed by atoms with E-state index in [4.69, 9.17) is 16.6 Å². The van der Waals surface area contributed by atoms with Gasteiger partial charge < -0.3 is 20.1 Å². The Morgan fingerprint density at radius 2 is 1.83 bits per heavy atom. The molecule has 0 radical (unpaired) electrons. The van der Waals surface area contributed by atoms with E-state index in [1.807, 2.05) is 17.0 Å². The molecule has 0 aromatic heterocycles. The zero-order chi connectivity index (χ0) is 29.0. The number of carbonyl (C=O) groups is 3. The maximum absolute atomic E-state index is 14.3. The summed E-state index contributed by atoms with van der Waals surface area (Å²) in [4.78, 5) is 44.5. The summed E-state index contributed by atoms with van der Waals surface area (Å²) < 4.78 is 14.0. The van der Waals surface area contributed by atoms with E-state index in [1.54, 1.807) is 18.2 Å². The number of rotatable bonds is 10. The molecule has 1 N–H and O–H groups in total. The predicted octanol–water partition coefficient (Wildman–Crippen LogP) is 2.07. The van der Waals surface area contributed by atoms with Gasteiger partial charge in [-0.15, -0.1) is 0 Å². The Labute approximate surface area is 268 Å². The van der Waals surface area contributed by atoms with Gasteiger partial charge in [-0.2, -0.15) is 0 Å². The van der Waals surface area contributed by atoms with Crippen molar-refractivity contribution in [1.82, 2.24) is 10.2 Å². The number of aliphatic imine (C=N–C) groups is 1. The summed E-state index contributed by atoms with van der Waals surface area (Å²) in [5.41, 5.74) is 1.36. The standard InChI is InChI=1S/C31H37ClFN3O4.Na/c1-4-5-6-26(21-7-9-22(10-8-21)29(39)34-14-13-27(37)38)36-30(40)28(23-11-12-25(33)24(32)16-23)35-31(36)17-19(2)15-20(3)18-31;/h7-12,16,19-20,26H,4-6,13-15,17-18H2,1-3H3,(H,34,39)(H,37,38);/q;+1/p-1/t19?,20?,26-,31?;/m1./s1. The summed E-state index contributed by atoms with van der Waals surface area (Å²) in [6.07, 6.45) is 4.79. The Bertz CT molecular complexity index is 1290. The van der Waals surface area contributed by atoms with Crippen LogP contribution in [0.15, 0.2) is 47.5 Å². The van der Waals surface area contributed by atoms with Crippen LogP contribution in [-0.2, 0) is 9.59 Å². The number of nitrogens with zero attached hydrogens (tertiary/aromatic N) is 2. The average molecular weight is 592 g/mol. The van der Waals surface area contributed by atoms with Crippen molar-refractivity contribution < 1.29 is 53.4 Å². The fourth-order valence-corrected chi connectivity index (χ4v) is 6.48. The summed E-state index contributed by atoms with van der Waals surface area (Å²) in [6, 6.07) is 11.1. The van der Waals surface area contributed by atoms with Crippen LogP contribution in [0.5, 0.6) is 0 Å². The van der Waals surface area contributed by atoms with Crippen LogP contribution in [0.3, 0.4) is 0 Å². The molecule has 1 aliphatic heterocycles. The van der Waals surface area contributed by atoms with Gasteiger partial charge in [0.2, 0.25) is 0 Å². The predicted molar refractivity (Wildman–Crippen MR) is 150 cm³/mol. The van der Waals surface area contributed by atoms with Crippen LogP contribution in [0.25, 0.3) is 0 Å². The van der Waals surface area contributed by atoms with E-state index in [2.05, 4.69) is 26.1 Å². The topological polar surface area (TPSA) is 102 Å². The summed E-state index contributed by atoms with van der Waals surface area (Å²) >= 11 is 6.09. The normalized spacial score (nSPS) is 22.7. The number of carboxylic acid groups (broad SMARTS) is 1. The molecule has 3 atom stereocenters. The van der Waals surface area contributed by atoms with E-state index < -0.39 is 17.4 Å². The molecule has 4 rings (SSSR count). The molecule has 1 spiro atoms. The Morgan fingerprint density at radius 3 is 2.41 bits per heavy atom. The van der Waals surface area contributed by atoms with Crippen LogP contribution in [0, 0.1) is 17.7 Å². The molecule has 2 aliphatic rings. The number of unbranched alkanes of at least 4 members (excludes halogenated alkanes) is 1. The van der Waals surface area contributed by atoms with Crippen molar-refractivity contribution in [3.63, 3.8) is 0 Å². The third kappa shape index (κ3) is 7.58.